The van der Waals surface area contributed by atoms with Crippen molar-refractivity contribution >= 4 is 37.4 Å². The van der Waals surface area contributed by atoms with Gasteiger partial charge in [-0.25, -0.2) is 0 Å². The molecule has 2 aliphatic carbocycles. The summed E-state index contributed by atoms with van der Waals surface area (Å²) in [5, 5.41) is 17.3. The Balaban J connectivity index is 1.23. The number of imidazole rings is 1. The van der Waals surface area contributed by atoms with Crippen molar-refractivity contribution < 1.29 is 4.43 Å². The zero-order valence-electron chi connectivity index (χ0n) is 24.7. The molecule has 40 heavy (non-hydrogen) atoms. The molecule has 0 spiro atoms. The Morgan fingerprint density at radius 1 is 1.15 bits per heavy atom. The lowest BCUT2D eigenvalue weighted by Gasteiger charge is -2.47. The van der Waals surface area contributed by atoms with Gasteiger partial charge in [-0.1, -0.05) is 32.4 Å². The van der Waals surface area contributed by atoms with E-state index in [9.17, 15) is 5.26 Å². The maximum atomic E-state index is 9.76. The van der Waals surface area contributed by atoms with Gasteiger partial charge in [0, 0.05) is 24.3 Å². The molecular weight excluding hydrogens is 538 g/mol. The topological polar surface area (TPSA) is 115 Å². The minimum Gasteiger partial charge on any atom is -0.412 e. The number of halogens is 1. The van der Waals surface area contributed by atoms with Crippen molar-refractivity contribution in [1.82, 2.24) is 14.9 Å². The highest BCUT2D eigenvalue weighted by Crippen LogP contribution is 2.42. The summed E-state index contributed by atoms with van der Waals surface area (Å²) in [5.74, 6) is 1.75. The highest BCUT2D eigenvalue weighted by Gasteiger charge is 2.43. The van der Waals surface area contributed by atoms with E-state index in [2.05, 4.69) is 65.4 Å². The molecule has 8 nitrogen and oxygen atoms in total. The van der Waals surface area contributed by atoms with Crippen LogP contribution in [0, 0.1) is 11.3 Å². The van der Waals surface area contributed by atoms with E-state index < -0.39 is 8.32 Å². The molecule has 1 aromatic heterocycles. The predicted molar refractivity (Wildman–Crippen MR) is 166 cm³/mol. The quantitative estimate of drug-likeness (QED) is 0.255. The Bertz CT molecular complexity index is 1220. The average molecular weight is 584 g/mol. The molecule has 3 atom stereocenters. The number of H-pyrrole nitrogens is 1. The monoisotopic (exact) mass is 583 g/mol. The molecule has 0 bridgehead atoms. The van der Waals surface area contributed by atoms with Gasteiger partial charge in [0.2, 0.25) is 5.95 Å². The van der Waals surface area contributed by atoms with Crippen molar-refractivity contribution in [2.75, 3.05) is 23.7 Å². The number of nitrogens with one attached hydrogen (secondary N) is 3. The molecule has 5 rings (SSSR count). The molecule has 0 amide bonds. The lowest BCUT2D eigenvalue weighted by molar-refractivity contribution is 0.0434. The summed E-state index contributed by atoms with van der Waals surface area (Å²) < 4.78 is 6.81. The minimum atomic E-state index is -1.88. The van der Waals surface area contributed by atoms with Gasteiger partial charge in [-0.3, -0.25) is 0 Å². The zero-order valence-corrected chi connectivity index (χ0v) is 26.4. The lowest BCUT2D eigenvalue weighted by Crippen LogP contribution is -2.55. The van der Waals surface area contributed by atoms with E-state index in [1.54, 1.807) is 0 Å². The number of likely N-dealkylation sites (tertiary alicyclic amines) is 1. The van der Waals surface area contributed by atoms with Crippen molar-refractivity contribution in [3.63, 3.8) is 0 Å². The van der Waals surface area contributed by atoms with Crippen LogP contribution in [0.1, 0.15) is 82.8 Å². The summed E-state index contributed by atoms with van der Waals surface area (Å²) in [6.07, 6.45) is 9.55. The maximum absolute atomic E-state index is 9.76. The van der Waals surface area contributed by atoms with Gasteiger partial charge in [-0.2, -0.15) is 10.2 Å². The van der Waals surface area contributed by atoms with Gasteiger partial charge >= 0.3 is 0 Å². The van der Waals surface area contributed by atoms with E-state index in [-0.39, 0.29) is 17.2 Å². The smallest absolute Gasteiger partial charge is 0.206 e. The Kier molecular flexibility index (Phi) is 8.56. The van der Waals surface area contributed by atoms with Gasteiger partial charge in [-0.15, -0.1) is 0 Å². The number of rotatable bonds is 8. The summed E-state index contributed by atoms with van der Waals surface area (Å²) in [5.41, 5.74) is 8.96. The van der Waals surface area contributed by atoms with Crippen LogP contribution in [0.2, 0.25) is 23.2 Å². The van der Waals surface area contributed by atoms with Crippen molar-refractivity contribution in [1.29, 1.82) is 5.26 Å². The normalized spacial score (nSPS) is 25.0. The Labute approximate surface area is 245 Å². The largest absolute Gasteiger partial charge is 0.412 e. The molecule has 2 heterocycles. The lowest BCUT2D eigenvalue weighted by atomic mass is 9.84. The van der Waals surface area contributed by atoms with Crippen LogP contribution in [-0.2, 0) is 4.43 Å². The van der Waals surface area contributed by atoms with Crippen LogP contribution in [0.4, 0.5) is 17.5 Å². The van der Waals surface area contributed by atoms with E-state index in [1.807, 2.05) is 18.3 Å². The van der Waals surface area contributed by atoms with Crippen LogP contribution in [-0.4, -0.2) is 60.5 Å². The number of aromatic amines is 1. The van der Waals surface area contributed by atoms with Gasteiger partial charge in [0.1, 0.15) is 5.82 Å². The minimum absolute atomic E-state index is 0.121. The number of hydrogen-bond acceptors (Lipinski definition) is 7. The van der Waals surface area contributed by atoms with Crippen LogP contribution in [0.5, 0.6) is 0 Å². The number of nitrogens with two attached hydrogens (primary N) is 1. The molecule has 2 aromatic rings. The van der Waals surface area contributed by atoms with E-state index in [0.29, 0.717) is 34.5 Å². The maximum Gasteiger partial charge on any atom is 0.206 e. The number of nitriles is 1. The first-order valence-corrected chi connectivity index (χ1v) is 18.2. The third-order valence-electron chi connectivity index (χ3n) is 9.54. The zero-order chi connectivity index (χ0) is 28.7. The van der Waals surface area contributed by atoms with Gasteiger partial charge < -0.3 is 30.7 Å². The third kappa shape index (κ3) is 6.68. The molecule has 3 fully saturated rings. The van der Waals surface area contributed by atoms with Crippen molar-refractivity contribution in [3.05, 3.63) is 34.5 Å². The number of hydrogen-bond donors (Lipinski definition) is 4. The summed E-state index contributed by atoms with van der Waals surface area (Å²) in [7, 11) is -1.88. The summed E-state index contributed by atoms with van der Waals surface area (Å²) >= 11 is 6.97. The molecule has 1 unspecified atom stereocenters. The van der Waals surface area contributed by atoms with Gasteiger partial charge in [0.15, 0.2) is 8.32 Å². The summed E-state index contributed by atoms with van der Waals surface area (Å²) in [6.45, 7) is 13.6. The second-order valence-electron chi connectivity index (χ2n) is 13.6. The van der Waals surface area contributed by atoms with E-state index in [1.165, 1.54) is 12.8 Å². The van der Waals surface area contributed by atoms with Crippen molar-refractivity contribution in [3.8, 4) is 6.07 Å². The number of nitrogens with zero attached hydrogens (tertiary/aromatic N) is 3. The second-order valence-corrected chi connectivity index (χ2v) is 18.7. The highest BCUT2D eigenvalue weighted by molar-refractivity contribution is 6.74. The summed E-state index contributed by atoms with van der Waals surface area (Å²) in [6, 6.07) is 7.26. The molecule has 1 aromatic carbocycles. The van der Waals surface area contributed by atoms with Crippen LogP contribution in [0.15, 0.2) is 18.3 Å². The predicted octanol–water partition coefficient (Wildman–Crippen LogP) is 6.70. The van der Waals surface area contributed by atoms with E-state index in [4.69, 9.17) is 21.8 Å². The SMILES string of the molecule is CC(C)(C)[Si](C)(C)O[C@@H]1CC(N2CCC(c3cc(C#N)cc(Nc4nc(NC5CC5)c[nH]4)c3Cl)CC2)CC[C@H]1N. The average Bonchev–Trinajstić information content (AvgIpc) is 3.62. The first kappa shape index (κ1) is 29.4. The van der Waals surface area contributed by atoms with Crippen molar-refractivity contribution in [2.24, 2.45) is 5.73 Å². The molecular formula is C30H46ClN7OSi. The molecule has 3 aliphatic rings. The fraction of sp³-hybridized carbons (Fsp3) is 0.667. The Hall–Kier alpha value is -2.09. The molecule has 0 radical (unpaired) electrons. The fourth-order valence-electron chi connectivity index (χ4n) is 5.85. The van der Waals surface area contributed by atoms with E-state index in [0.717, 1.165) is 62.3 Å². The van der Waals surface area contributed by atoms with Gasteiger partial charge in [0.05, 0.1) is 28.4 Å². The molecule has 2 saturated carbocycles. The number of aromatic nitrogens is 2. The third-order valence-corrected chi connectivity index (χ3v) is 14.5. The highest BCUT2D eigenvalue weighted by atomic mass is 35.5. The summed E-state index contributed by atoms with van der Waals surface area (Å²) in [4.78, 5) is 10.4. The van der Waals surface area contributed by atoms with E-state index >= 15 is 0 Å². The van der Waals surface area contributed by atoms with Gasteiger partial charge in [0.25, 0.3) is 0 Å². The number of anilines is 3. The molecule has 5 N–H and O–H groups in total. The second kappa shape index (κ2) is 11.7. The Morgan fingerprint density at radius 3 is 2.52 bits per heavy atom. The standard InChI is InChI=1S/C30H46ClN7OSi/c1-30(2,3)40(4,5)39-26-16-22(8-9-24(26)33)38-12-10-20(11-13-38)23-14-19(17-32)15-25(28(23)31)36-29-34-18-27(37-29)35-21-6-7-21/h14-15,18,20-22,24,26,35H,6-13,16,33H2,1-5H3,(H2,34,36,37)/t22?,24-,26-/m1/s1. The number of benzene rings is 1. The van der Waals surface area contributed by atoms with Gasteiger partial charge in [-0.05, 0) is 99.8 Å². The number of piperidine rings is 1. The Morgan fingerprint density at radius 2 is 1.88 bits per heavy atom. The van der Waals surface area contributed by atoms with Crippen molar-refractivity contribution in [2.45, 2.75) is 114 Å². The first-order valence-electron chi connectivity index (χ1n) is 14.9. The molecule has 1 saturated heterocycles. The van der Waals surface area contributed by atoms with Crippen LogP contribution >= 0.6 is 11.6 Å². The molecule has 10 heteroatoms. The fourth-order valence-corrected chi connectivity index (χ4v) is 7.55. The van der Waals surface area contributed by atoms with Crippen LogP contribution in [0.25, 0.3) is 0 Å². The van der Waals surface area contributed by atoms with Crippen LogP contribution in [0.3, 0.4) is 0 Å². The van der Waals surface area contributed by atoms with Crippen LogP contribution < -0.4 is 16.4 Å². The first-order chi connectivity index (χ1) is 18.9. The molecule has 1 aliphatic heterocycles. The molecule has 218 valence electrons.